The fraction of sp³-hybridized carbons (Fsp3) is 0.160. The van der Waals surface area contributed by atoms with E-state index in [1.54, 1.807) is 18.0 Å². The minimum atomic E-state index is -4.62. The van der Waals surface area contributed by atoms with E-state index in [0.29, 0.717) is 13.0 Å². The monoisotopic (exact) mass is 516 g/mol. The number of nitrogens with zero attached hydrogens (tertiary/aromatic N) is 2. The third-order valence-corrected chi connectivity index (χ3v) is 6.48. The van der Waals surface area contributed by atoms with Gasteiger partial charge in [0.1, 0.15) is 0 Å². The van der Waals surface area contributed by atoms with Crippen molar-refractivity contribution in [2.24, 2.45) is 0 Å². The summed E-state index contributed by atoms with van der Waals surface area (Å²) >= 11 is 7.22. The molecule has 0 aliphatic rings. The first-order chi connectivity index (χ1) is 16.8. The molecule has 2 heterocycles. The van der Waals surface area contributed by atoms with E-state index in [0.717, 1.165) is 45.1 Å². The number of carbonyl (C=O) groups is 1. The Morgan fingerprint density at radius 1 is 1.11 bits per heavy atom. The van der Waals surface area contributed by atoms with Crippen molar-refractivity contribution in [1.29, 1.82) is 0 Å². The quantitative estimate of drug-likeness (QED) is 0.202. The standard InChI is InChI=1S/C25H20ClF3N4OS/c26-21-9-5-16(14-20(21)25(27,28)29)24(34)31-12-3-13-35-18-7-8-19-22(32-33-23(19)15-18)10-6-17-4-1-2-11-30-17/h1-2,4-11,14-15H,3,12-13H2,(H,31,34)(H,32,33)/b10-6+. The zero-order valence-corrected chi connectivity index (χ0v) is 19.8. The van der Waals surface area contributed by atoms with Gasteiger partial charge in [-0.25, -0.2) is 0 Å². The van der Waals surface area contributed by atoms with Crippen molar-refractivity contribution in [3.8, 4) is 0 Å². The van der Waals surface area contributed by atoms with Gasteiger partial charge < -0.3 is 5.32 Å². The van der Waals surface area contributed by atoms with Gasteiger partial charge in [-0.05, 0) is 72.9 Å². The molecule has 0 radical (unpaired) electrons. The second kappa shape index (κ2) is 11.0. The molecule has 180 valence electrons. The number of aromatic amines is 1. The van der Waals surface area contributed by atoms with Crippen molar-refractivity contribution in [1.82, 2.24) is 20.5 Å². The number of pyridine rings is 1. The van der Waals surface area contributed by atoms with Gasteiger partial charge in [0, 0.05) is 28.6 Å². The molecule has 5 nitrogen and oxygen atoms in total. The number of fused-ring (bicyclic) bond motifs is 1. The third-order valence-electron chi connectivity index (χ3n) is 5.07. The molecular weight excluding hydrogens is 497 g/mol. The van der Waals surface area contributed by atoms with Gasteiger partial charge in [-0.2, -0.15) is 18.3 Å². The van der Waals surface area contributed by atoms with Gasteiger partial charge in [0.25, 0.3) is 5.91 Å². The number of thioether (sulfide) groups is 1. The molecule has 2 aromatic carbocycles. The first kappa shape index (κ1) is 24.8. The predicted molar refractivity (Wildman–Crippen MR) is 133 cm³/mol. The van der Waals surface area contributed by atoms with Crippen molar-refractivity contribution < 1.29 is 18.0 Å². The van der Waals surface area contributed by atoms with E-state index >= 15 is 0 Å². The Hall–Kier alpha value is -3.30. The normalized spacial score (nSPS) is 11.9. The first-order valence-corrected chi connectivity index (χ1v) is 12.0. The highest BCUT2D eigenvalue weighted by molar-refractivity contribution is 7.99. The zero-order chi connectivity index (χ0) is 24.8. The Morgan fingerprint density at radius 2 is 1.97 bits per heavy atom. The Balaban J connectivity index is 1.27. The summed E-state index contributed by atoms with van der Waals surface area (Å²) in [6, 6.07) is 14.8. The molecule has 35 heavy (non-hydrogen) atoms. The lowest BCUT2D eigenvalue weighted by Gasteiger charge is -2.11. The van der Waals surface area contributed by atoms with Crippen LogP contribution < -0.4 is 5.32 Å². The Bertz CT molecular complexity index is 1360. The maximum Gasteiger partial charge on any atom is 0.417 e. The third kappa shape index (κ3) is 6.43. The Kier molecular flexibility index (Phi) is 7.77. The van der Waals surface area contributed by atoms with Crippen molar-refractivity contribution >= 4 is 52.3 Å². The molecule has 0 bridgehead atoms. The van der Waals surface area contributed by atoms with E-state index < -0.39 is 22.7 Å². The van der Waals surface area contributed by atoms with Crippen LogP contribution in [0.1, 0.15) is 33.7 Å². The molecule has 0 atom stereocenters. The number of benzene rings is 2. The average molecular weight is 517 g/mol. The van der Waals surface area contributed by atoms with Crippen LogP contribution in [-0.4, -0.2) is 33.4 Å². The van der Waals surface area contributed by atoms with Crippen LogP contribution in [0.4, 0.5) is 13.2 Å². The smallest absolute Gasteiger partial charge is 0.352 e. The number of rotatable bonds is 8. The highest BCUT2D eigenvalue weighted by Crippen LogP contribution is 2.35. The summed E-state index contributed by atoms with van der Waals surface area (Å²) < 4.78 is 38.9. The molecule has 0 aliphatic heterocycles. The summed E-state index contributed by atoms with van der Waals surface area (Å²) in [5.74, 6) is 0.156. The number of halogens is 4. The van der Waals surface area contributed by atoms with E-state index in [1.807, 2.05) is 48.6 Å². The zero-order valence-electron chi connectivity index (χ0n) is 18.3. The summed E-state index contributed by atoms with van der Waals surface area (Å²) in [6.07, 6.45) is 1.58. The van der Waals surface area contributed by atoms with E-state index in [9.17, 15) is 18.0 Å². The molecule has 0 saturated heterocycles. The van der Waals surface area contributed by atoms with Gasteiger partial charge in [0.05, 0.1) is 27.5 Å². The number of aromatic nitrogens is 3. The van der Waals surface area contributed by atoms with Gasteiger partial charge in [0.2, 0.25) is 0 Å². The molecule has 0 fully saturated rings. The lowest BCUT2D eigenvalue weighted by Crippen LogP contribution is -2.25. The van der Waals surface area contributed by atoms with E-state index in [4.69, 9.17) is 11.6 Å². The van der Waals surface area contributed by atoms with Crippen molar-refractivity contribution in [3.63, 3.8) is 0 Å². The molecule has 10 heteroatoms. The fourth-order valence-corrected chi connectivity index (χ4v) is 4.44. The molecule has 2 aromatic heterocycles. The summed E-state index contributed by atoms with van der Waals surface area (Å²) in [7, 11) is 0. The summed E-state index contributed by atoms with van der Waals surface area (Å²) in [6.45, 7) is 0.338. The largest absolute Gasteiger partial charge is 0.417 e. The van der Waals surface area contributed by atoms with Crippen molar-refractivity contribution in [2.75, 3.05) is 12.3 Å². The lowest BCUT2D eigenvalue weighted by atomic mass is 10.1. The maximum atomic E-state index is 13.0. The highest BCUT2D eigenvalue weighted by Gasteiger charge is 2.33. The molecule has 4 rings (SSSR count). The van der Waals surface area contributed by atoms with Crippen LogP contribution in [0.3, 0.4) is 0 Å². The summed E-state index contributed by atoms with van der Waals surface area (Å²) in [5.41, 5.74) is 1.48. The second-order valence-electron chi connectivity index (χ2n) is 7.55. The second-order valence-corrected chi connectivity index (χ2v) is 9.13. The van der Waals surface area contributed by atoms with Gasteiger partial charge in [-0.1, -0.05) is 17.7 Å². The van der Waals surface area contributed by atoms with E-state index in [1.165, 1.54) is 6.07 Å². The average Bonchev–Trinajstić information content (AvgIpc) is 3.25. The van der Waals surface area contributed by atoms with Crippen LogP contribution in [0.5, 0.6) is 0 Å². The van der Waals surface area contributed by atoms with Crippen LogP contribution in [0.25, 0.3) is 23.1 Å². The molecule has 0 saturated carbocycles. The van der Waals surface area contributed by atoms with E-state index in [2.05, 4.69) is 20.5 Å². The maximum absolute atomic E-state index is 13.0. The lowest BCUT2D eigenvalue weighted by molar-refractivity contribution is -0.137. The summed E-state index contributed by atoms with van der Waals surface area (Å²) in [5, 5.41) is 10.6. The van der Waals surface area contributed by atoms with Gasteiger partial charge >= 0.3 is 6.18 Å². The number of alkyl halides is 3. The number of nitrogens with one attached hydrogen (secondary N) is 2. The van der Waals surface area contributed by atoms with Gasteiger partial charge in [-0.15, -0.1) is 11.8 Å². The number of hydrogen-bond acceptors (Lipinski definition) is 4. The molecule has 0 unspecified atom stereocenters. The predicted octanol–water partition coefficient (Wildman–Crippen LogP) is 6.71. The molecular formula is C25H20ClF3N4OS. The van der Waals surface area contributed by atoms with Crippen LogP contribution in [0.15, 0.2) is 65.7 Å². The van der Waals surface area contributed by atoms with Gasteiger partial charge in [-0.3, -0.25) is 14.9 Å². The highest BCUT2D eigenvalue weighted by atomic mass is 35.5. The van der Waals surface area contributed by atoms with Crippen LogP contribution in [-0.2, 0) is 6.18 Å². The topological polar surface area (TPSA) is 70.7 Å². The minimum Gasteiger partial charge on any atom is -0.352 e. The molecule has 1 amide bonds. The van der Waals surface area contributed by atoms with E-state index in [-0.39, 0.29) is 5.56 Å². The molecule has 4 aromatic rings. The van der Waals surface area contributed by atoms with Crippen LogP contribution in [0.2, 0.25) is 5.02 Å². The number of amides is 1. The number of H-pyrrole nitrogens is 1. The molecule has 2 N–H and O–H groups in total. The SMILES string of the molecule is O=C(NCCCSc1ccc2c(/C=C/c3ccccn3)n[nH]c2c1)c1ccc(Cl)c(C(F)(F)F)c1. The molecule has 0 spiro atoms. The summed E-state index contributed by atoms with van der Waals surface area (Å²) in [4.78, 5) is 17.5. The molecule has 0 aliphatic carbocycles. The van der Waals surface area contributed by atoms with Gasteiger partial charge in [0.15, 0.2) is 0 Å². The van der Waals surface area contributed by atoms with Crippen LogP contribution >= 0.6 is 23.4 Å². The van der Waals surface area contributed by atoms with Crippen LogP contribution in [0, 0.1) is 0 Å². The minimum absolute atomic E-state index is 0.0769. The fourth-order valence-electron chi connectivity index (χ4n) is 3.33. The van der Waals surface area contributed by atoms with Crippen molar-refractivity contribution in [3.05, 3.63) is 88.3 Å². The Labute approximate surface area is 208 Å². The number of hydrogen-bond donors (Lipinski definition) is 2. The number of carbonyl (C=O) groups excluding carboxylic acids is 1. The Morgan fingerprint density at radius 3 is 2.74 bits per heavy atom. The van der Waals surface area contributed by atoms with Crippen molar-refractivity contribution in [2.45, 2.75) is 17.5 Å². The first-order valence-electron chi connectivity index (χ1n) is 10.7.